The van der Waals surface area contributed by atoms with Crippen LogP contribution >= 0.6 is 27.5 Å². The maximum absolute atomic E-state index is 13.3. The predicted molar refractivity (Wildman–Crippen MR) is 69.9 cm³/mol. The maximum Gasteiger partial charge on any atom is 0.416 e. The summed E-state index contributed by atoms with van der Waals surface area (Å²) >= 11 is 8.96. The molecule has 2 nitrogen and oxygen atoms in total. The lowest BCUT2D eigenvalue weighted by atomic mass is 10.1. The van der Waals surface area contributed by atoms with Gasteiger partial charge in [0.15, 0.2) is 5.82 Å². The molecular weight excluding hydrogens is 363 g/mol. The zero-order valence-electron chi connectivity index (χ0n) is 9.89. The summed E-state index contributed by atoms with van der Waals surface area (Å²) in [5.41, 5.74) is -0.750. The van der Waals surface area contributed by atoms with Gasteiger partial charge in [-0.2, -0.15) is 13.2 Å². The summed E-state index contributed by atoms with van der Waals surface area (Å²) in [7, 11) is 0. The van der Waals surface area contributed by atoms with E-state index in [1.165, 1.54) is 0 Å². The number of aromatic nitrogens is 2. The Morgan fingerprint density at radius 2 is 1.80 bits per heavy atom. The SMILES string of the molecule is Cc1nc(-c2cc(F)cc(C(F)(F)F)c2)nc(Cl)c1Br. The number of hydrogen-bond donors (Lipinski definition) is 0. The Hall–Kier alpha value is -1.21. The van der Waals surface area contributed by atoms with Gasteiger partial charge in [-0.25, -0.2) is 14.4 Å². The molecule has 0 fully saturated rings. The lowest BCUT2D eigenvalue weighted by Gasteiger charge is -2.10. The van der Waals surface area contributed by atoms with E-state index in [4.69, 9.17) is 11.6 Å². The van der Waals surface area contributed by atoms with Gasteiger partial charge in [0.1, 0.15) is 11.0 Å². The van der Waals surface area contributed by atoms with Crippen LogP contribution in [0, 0.1) is 12.7 Å². The van der Waals surface area contributed by atoms with Crippen molar-refractivity contribution in [1.82, 2.24) is 9.97 Å². The van der Waals surface area contributed by atoms with Gasteiger partial charge in [-0.3, -0.25) is 0 Å². The Morgan fingerprint density at radius 3 is 2.35 bits per heavy atom. The van der Waals surface area contributed by atoms with E-state index in [2.05, 4.69) is 25.9 Å². The molecule has 0 amide bonds. The minimum absolute atomic E-state index is 0.0466. The molecule has 2 aromatic rings. The van der Waals surface area contributed by atoms with Crippen molar-refractivity contribution < 1.29 is 17.6 Å². The van der Waals surface area contributed by atoms with Crippen molar-refractivity contribution >= 4 is 27.5 Å². The first-order valence-corrected chi connectivity index (χ1v) is 6.43. The molecule has 0 saturated heterocycles. The summed E-state index contributed by atoms with van der Waals surface area (Å²) < 4.78 is 51.7. The van der Waals surface area contributed by atoms with Gasteiger partial charge in [-0.15, -0.1) is 0 Å². The van der Waals surface area contributed by atoms with Crippen LogP contribution in [0.4, 0.5) is 17.6 Å². The van der Waals surface area contributed by atoms with E-state index in [0.29, 0.717) is 16.2 Å². The predicted octanol–water partition coefficient (Wildman–Crippen LogP) is 5.03. The highest BCUT2D eigenvalue weighted by Gasteiger charge is 2.31. The molecule has 1 heterocycles. The van der Waals surface area contributed by atoms with Crippen LogP contribution in [0.5, 0.6) is 0 Å². The van der Waals surface area contributed by atoms with Crippen molar-refractivity contribution in [2.24, 2.45) is 0 Å². The highest BCUT2D eigenvalue weighted by Crippen LogP contribution is 2.33. The Labute approximate surface area is 124 Å². The molecule has 0 saturated carbocycles. The molecule has 20 heavy (non-hydrogen) atoms. The third-order valence-corrected chi connectivity index (χ3v) is 3.91. The molecule has 0 spiro atoms. The van der Waals surface area contributed by atoms with E-state index >= 15 is 0 Å². The third kappa shape index (κ3) is 3.09. The van der Waals surface area contributed by atoms with Crippen LogP contribution in [0.2, 0.25) is 5.15 Å². The number of hydrogen-bond acceptors (Lipinski definition) is 2. The van der Waals surface area contributed by atoms with Crippen molar-refractivity contribution in [3.63, 3.8) is 0 Å². The fourth-order valence-corrected chi connectivity index (χ4v) is 1.93. The average Bonchev–Trinajstić information content (AvgIpc) is 2.33. The average molecular weight is 370 g/mol. The van der Waals surface area contributed by atoms with Gasteiger partial charge in [0, 0.05) is 5.56 Å². The van der Waals surface area contributed by atoms with Crippen molar-refractivity contribution in [2.45, 2.75) is 13.1 Å². The molecule has 0 aliphatic heterocycles. The molecule has 0 atom stereocenters. The largest absolute Gasteiger partial charge is 0.416 e. The molecule has 2 rings (SSSR count). The van der Waals surface area contributed by atoms with Crippen LogP contribution in [-0.2, 0) is 6.18 Å². The number of aryl methyl sites for hydroxylation is 1. The minimum Gasteiger partial charge on any atom is -0.232 e. The van der Waals surface area contributed by atoms with Crippen molar-refractivity contribution in [2.75, 3.05) is 0 Å². The van der Waals surface area contributed by atoms with Gasteiger partial charge in [0.2, 0.25) is 0 Å². The summed E-state index contributed by atoms with van der Waals surface area (Å²) in [4.78, 5) is 7.83. The lowest BCUT2D eigenvalue weighted by molar-refractivity contribution is -0.137. The summed E-state index contributed by atoms with van der Waals surface area (Å²) in [6.45, 7) is 1.60. The minimum atomic E-state index is -4.65. The molecule has 8 heteroatoms. The second kappa shape index (κ2) is 5.29. The van der Waals surface area contributed by atoms with E-state index in [9.17, 15) is 17.6 Å². The van der Waals surface area contributed by atoms with Gasteiger partial charge in [-0.1, -0.05) is 11.6 Å². The highest BCUT2D eigenvalue weighted by atomic mass is 79.9. The monoisotopic (exact) mass is 368 g/mol. The van der Waals surface area contributed by atoms with Gasteiger partial charge >= 0.3 is 6.18 Å². The van der Waals surface area contributed by atoms with E-state index in [1.54, 1.807) is 6.92 Å². The van der Waals surface area contributed by atoms with Crippen LogP contribution in [0.3, 0.4) is 0 Å². The number of nitrogens with zero attached hydrogens (tertiary/aromatic N) is 2. The van der Waals surface area contributed by atoms with Crippen molar-refractivity contribution in [3.05, 3.63) is 44.9 Å². The first kappa shape index (κ1) is 15.2. The molecule has 0 radical (unpaired) electrons. The molecule has 106 valence electrons. The van der Waals surface area contributed by atoms with Crippen LogP contribution < -0.4 is 0 Å². The smallest absolute Gasteiger partial charge is 0.232 e. The zero-order chi connectivity index (χ0) is 15.1. The molecular formula is C12H6BrClF4N2. The van der Waals surface area contributed by atoms with E-state index in [1.807, 2.05) is 0 Å². The number of halogens is 6. The number of alkyl halides is 3. The summed E-state index contributed by atoms with van der Waals surface area (Å²) in [5.74, 6) is -1.09. The van der Waals surface area contributed by atoms with Crippen molar-refractivity contribution in [3.8, 4) is 11.4 Å². The Kier molecular flexibility index (Phi) is 4.02. The molecule has 0 aliphatic rings. The Balaban J connectivity index is 2.61. The van der Waals surface area contributed by atoms with E-state index in [0.717, 1.165) is 12.1 Å². The second-order valence-electron chi connectivity index (χ2n) is 3.96. The zero-order valence-corrected chi connectivity index (χ0v) is 12.2. The van der Waals surface area contributed by atoms with Gasteiger partial charge < -0.3 is 0 Å². The first-order valence-electron chi connectivity index (χ1n) is 5.26. The third-order valence-electron chi connectivity index (χ3n) is 2.46. The normalized spacial score (nSPS) is 11.8. The number of benzene rings is 1. The maximum atomic E-state index is 13.3. The van der Waals surface area contributed by atoms with Crippen LogP contribution in [0.15, 0.2) is 22.7 Å². The molecule has 1 aromatic carbocycles. The van der Waals surface area contributed by atoms with Crippen molar-refractivity contribution in [1.29, 1.82) is 0 Å². The van der Waals surface area contributed by atoms with E-state index < -0.39 is 17.6 Å². The standard InChI is InChI=1S/C12H6BrClF4N2/c1-5-9(13)10(14)20-11(19-5)6-2-7(12(16,17)18)4-8(15)3-6/h2-4H,1H3. The van der Waals surface area contributed by atoms with Crippen LogP contribution in [0.25, 0.3) is 11.4 Å². The number of rotatable bonds is 1. The first-order chi connectivity index (χ1) is 9.18. The molecule has 0 unspecified atom stereocenters. The fraction of sp³-hybridized carbons (Fsp3) is 0.167. The van der Waals surface area contributed by atoms with Gasteiger partial charge in [0.05, 0.1) is 15.7 Å². The summed E-state index contributed by atoms with van der Waals surface area (Å²) in [5, 5.41) is 0.0466. The summed E-state index contributed by atoms with van der Waals surface area (Å²) in [6, 6.07) is 2.12. The second-order valence-corrected chi connectivity index (χ2v) is 5.11. The molecule has 0 bridgehead atoms. The van der Waals surface area contributed by atoms with Crippen LogP contribution in [0.1, 0.15) is 11.3 Å². The fourth-order valence-electron chi connectivity index (χ4n) is 1.54. The highest BCUT2D eigenvalue weighted by molar-refractivity contribution is 9.10. The van der Waals surface area contributed by atoms with E-state index in [-0.39, 0.29) is 16.5 Å². The summed E-state index contributed by atoms with van der Waals surface area (Å²) in [6.07, 6.45) is -4.65. The molecule has 0 aliphatic carbocycles. The van der Waals surface area contributed by atoms with Gasteiger partial charge in [0.25, 0.3) is 0 Å². The molecule has 0 N–H and O–H groups in total. The lowest BCUT2D eigenvalue weighted by Crippen LogP contribution is -2.06. The van der Waals surface area contributed by atoms with Gasteiger partial charge in [-0.05, 0) is 41.1 Å². The molecule has 1 aromatic heterocycles. The van der Waals surface area contributed by atoms with Crippen LogP contribution in [-0.4, -0.2) is 9.97 Å². The topological polar surface area (TPSA) is 25.8 Å². The quantitative estimate of drug-likeness (QED) is 0.521. The Morgan fingerprint density at radius 1 is 1.15 bits per heavy atom. The Bertz CT molecular complexity index is 650.